The van der Waals surface area contributed by atoms with Crippen molar-refractivity contribution in [2.75, 3.05) is 19.0 Å². The van der Waals surface area contributed by atoms with Crippen LogP contribution in [0.15, 0.2) is 36.4 Å². The second-order valence-electron chi connectivity index (χ2n) is 5.57. The molecule has 0 fully saturated rings. The molecule has 0 aliphatic carbocycles. The Kier molecular flexibility index (Phi) is 5.58. The number of ether oxygens (including phenoxy) is 2. The molecule has 5 nitrogen and oxygen atoms in total. The number of esters is 1. The molecule has 0 radical (unpaired) electrons. The largest absolute Gasteiger partial charge is 0.497 e. The zero-order chi connectivity index (χ0) is 17.7. The Balaban J connectivity index is 1.98. The van der Waals surface area contributed by atoms with E-state index in [0.717, 1.165) is 22.4 Å². The third kappa shape index (κ3) is 4.13. The van der Waals surface area contributed by atoms with Gasteiger partial charge in [0.15, 0.2) is 6.61 Å². The number of carbonyl (C=O) groups is 2. The second kappa shape index (κ2) is 7.64. The van der Waals surface area contributed by atoms with E-state index in [0.29, 0.717) is 11.3 Å². The molecule has 0 heterocycles. The van der Waals surface area contributed by atoms with Crippen LogP contribution in [-0.4, -0.2) is 25.6 Å². The minimum Gasteiger partial charge on any atom is -0.497 e. The molecule has 0 atom stereocenters. The van der Waals surface area contributed by atoms with E-state index in [4.69, 9.17) is 9.47 Å². The monoisotopic (exact) mass is 327 g/mol. The van der Waals surface area contributed by atoms with Crippen LogP contribution in [0.25, 0.3) is 0 Å². The highest BCUT2D eigenvalue weighted by molar-refractivity contribution is 5.97. The summed E-state index contributed by atoms with van der Waals surface area (Å²) in [4.78, 5) is 24.1. The van der Waals surface area contributed by atoms with Crippen molar-refractivity contribution in [1.82, 2.24) is 0 Å². The molecule has 0 spiro atoms. The van der Waals surface area contributed by atoms with Crippen molar-refractivity contribution in [1.29, 1.82) is 0 Å². The summed E-state index contributed by atoms with van der Waals surface area (Å²) in [6.45, 7) is 5.28. The van der Waals surface area contributed by atoms with Gasteiger partial charge in [-0.3, -0.25) is 4.79 Å². The predicted octanol–water partition coefficient (Wildman–Crippen LogP) is 3.42. The van der Waals surface area contributed by atoms with E-state index < -0.39 is 5.97 Å². The molecule has 0 aliphatic heterocycles. The maximum atomic E-state index is 12.1. The summed E-state index contributed by atoms with van der Waals surface area (Å²) in [5, 5.41) is 2.78. The first-order valence-electron chi connectivity index (χ1n) is 7.60. The van der Waals surface area contributed by atoms with Crippen LogP contribution in [0.3, 0.4) is 0 Å². The molecule has 24 heavy (non-hydrogen) atoms. The van der Waals surface area contributed by atoms with E-state index in [-0.39, 0.29) is 12.5 Å². The van der Waals surface area contributed by atoms with Gasteiger partial charge in [-0.15, -0.1) is 0 Å². The molecule has 2 aromatic rings. The molecule has 2 aromatic carbocycles. The van der Waals surface area contributed by atoms with Crippen LogP contribution in [0.1, 0.15) is 27.0 Å². The molecule has 0 aliphatic rings. The molecular formula is C19H21NO4. The Bertz CT molecular complexity index is 748. The molecule has 1 amide bonds. The summed E-state index contributed by atoms with van der Waals surface area (Å²) < 4.78 is 10.2. The fourth-order valence-electron chi connectivity index (χ4n) is 2.39. The molecule has 1 N–H and O–H groups in total. The first-order valence-corrected chi connectivity index (χ1v) is 7.60. The minimum atomic E-state index is -0.535. The van der Waals surface area contributed by atoms with Gasteiger partial charge in [-0.1, -0.05) is 18.2 Å². The summed E-state index contributed by atoms with van der Waals surface area (Å²) in [5.74, 6) is -0.240. The summed E-state index contributed by atoms with van der Waals surface area (Å²) in [6.07, 6.45) is 0. The van der Waals surface area contributed by atoms with E-state index in [9.17, 15) is 9.59 Å². The quantitative estimate of drug-likeness (QED) is 0.855. The molecule has 0 aromatic heterocycles. The van der Waals surface area contributed by atoms with Gasteiger partial charge in [-0.25, -0.2) is 4.79 Å². The molecule has 126 valence electrons. The maximum Gasteiger partial charge on any atom is 0.338 e. The van der Waals surface area contributed by atoms with Crippen molar-refractivity contribution in [3.8, 4) is 5.75 Å². The van der Waals surface area contributed by atoms with Crippen LogP contribution < -0.4 is 10.1 Å². The van der Waals surface area contributed by atoms with E-state index in [2.05, 4.69) is 5.32 Å². The number of methoxy groups -OCH3 is 1. The van der Waals surface area contributed by atoms with Crippen molar-refractivity contribution in [2.24, 2.45) is 0 Å². The van der Waals surface area contributed by atoms with Crippen LogP contribution >= 0.6 is 0 Å². The molecule has 0 unspecified atom stereocenters. The summed E-state index contributed by atoms with van der Waals surface area (Å²) in [7, 11) is 1.56. The lowest BCUT2D eigenvalue weighted by Crippen LogP contribution is -2.22. The van der Waals surface area contributed by atoms with Crippen molar-refractivity contribution >= 4 is 17.6 Å². The van der Waals surface area contributed by atoms with Crippen molar-refractivity contribution in [3.63, 3.8) is 0 Å². The van der Waals surface area contributed by atoms with E-state index >= 15 is 0 Å². The number of hydrogen-bond donors (Lipinski definition) is 1. The Morgan fingerprint density at radius 3 is 2.25 bits per heavy atom. The van der Waals surface area contributed by atoms with E-state index in [1.807, 2.05) is 32.0 Å². The van der Waals surface area contributed by atoms with Crippen molar-refractivity contribution < 1.29 is 19.1 Å². The number of nitrogens with one attached hydrogen (secondary N) is 1. The minimum absolute atomic E-state index is 0.335. The summed E-state index contributed by atoms with van der Waals surface area (Å²) in [5.41, 5.74) is 3.81. The zero-order valence-electron chi connectivity index (χ0n) is 14.3. The normalized spacial score (nSPS) is 10.2. The van der Waals surface area contributed by atoms with Crippen molar-refractivity contribution in [2.45, 2.75) is 20.8 Å². The van der Waals surface area contributed by atoms with Gasteiger partial charge < -0.3 is 14.8 Å². The number of hydrogen-bond acceptors (Lipinski definition) is 4. The maximum absolute atomic E-state index is 12.1. The third-order valence-corrected chi connectivity index (χ3v) is 3.73. The zero-order valence-corrected chi connectivity index (χ0v) is 14.3. The Morgan fingerprint density at radius 2 is 1.67 bits per heavy atom. The summed E-state index contributed by atoms with van der Waals surface area (Å²) >= 11 is 0. The number of rotatable bonds is 5. The molecule has 0 saturated carbocycles. The third-order valence-electron chi connectivity index (χ3n) is 3.73. The molecule has 2 rings (SSSR count). The van der Waals surface area contributed by atoms with Crippen LogP contribution in [0.4, 0.5) is 5.69 Å². The van der Waals surface area contributed by atoms with Gasteiger partial charge in [0.2, 0.25) is 0 Å². The highest BCUT2D eigenvalue weighted by atomic mass is 16.5. The number of amides is 1. The molecule has 0 bridgehead atoms. The van der Waals surface area contributed by atoms with Crippen LogP contribution in [-0.2, 0) is 9.53 Å². The van der Waals surface area contributed by atoms with Gasteiger partial charge >= 0.3 is 5.97 Å². The smallest absolute Gasteiger partial charge is 0.338 e. The van der Waals surface area contributed by atoms with E-state index in [1.54, 1.807) is 32.2 Å². The fourth-order valence-corrected chi connectivity index (χ4v) is 2.39. The molecule has 5 heteroatoms. The number of anilines is 1. The SMILES string of the molecule is COc1ccc(C(=O)OCC(=O)Nc2c(C)cccc2C)c(C)c1. The highest BCUT2D eigenvalue weighted by Crippen LogP contribution is 2.20. The lowest BCUT2D eigenvalue weighted by molar-refractivity contribution is -0.119. The van der Waals surface area contributed by atoms with Crippen LogP contribution in [0.2, 0.25) is 0 Å². The Morgan fingerprint density at radius 1 is 1.00 bits per heavy atom. The van der Waals surface area contributed by atoms with Gasteiger partial charge in [0.25, 0.3) is 5.91 Å². The molecule has 0 saturated heterocycles. The van der Waals surface area contributed by atoms with E-state index in [1.165, 1.54) is 0 Å². The average molecular weight is 327 g/mol. The topological polar surface area (TPSA) is 64.6 Å². The summed E-state index contributed by atoms with van der Waals surface area (Å²) in [6, 6.07) is 10.8. The predicted molar refractivity (Wildman–Crippen MR) is 92.6 cm³/mol. The first kappa shape index (κ1) is 17.5. The number of benzene rings is 2. The first-order chi connectivity index (χ1) is 11.4. The number of carbonyl (C=O) groups excluding carboxylic acids is 2. The van der Waals surface area contributed by atoms with Gasteiger partial charge in [0.05, 0.1) is 12.7 Å². The average Bonchev–Trinajstić information content (AvgIpc) is 2.56. The van der Waals surface area contributed by atoms with Gasteiger partial charge in [-0.2, -0.15) is 0 Å². The number of aryl methyl sites for hydroxylation is 3. The van der Waals surface area contributed by atoms with Crippen LogP contribution in [0, 0.1) is 20.8 Å². The Labute approximate surface area is 141 Å². The Hall–Kier alpha value is -2.82. The van der Waals surface area contributed by atoms with Gasteiger partial charge in [-0.05, 0) is 55.7 Å². The van der Waals surface area contributed by atoms with Gasteiger partial charge in [0, 0.05) is 5.69 Å². The van der Waals surface area contributed by atoms with Crippen molar-refractivity contribution in [3.05, 3.63) is 58.7 Å². The second-order valence-corrected chi connectivity index (χ2v) is 5.57. The number of para-hydroxylation sites is 1. The molecular weight excluding hydrogens is 306 g/mol. The van der Waals surface area contributed by atoms with Gasteiger partial charge in [0.1, 0.15) is 5.75 Å². The highest BCUT2D eigenvalue weighted by Gasteiger charge is 2.14. The standard InChI is InChI=1S/C19H21NO4/c1-12-6-5-7-13(2)18(12)20-17(21)11-24-19(22)16-9-8-15(23-4)10-14(16)3/h5-10H,11H2,1-4H3,(H,20,21). The lowest BCUT2D eigenvalue weighted by atomic mass is 10.1. The lowest BCUT2D eigenvalue weighted by Gasteiger charge is -2.12. The van der Waals surface area contributed by atoms with Crippen LogP contribution in [0.5, 0.6) is 5.75 Å². The fraction of sp³-hybridized carbons (Fsp3) is 0.263.